The van der Waals surface area contributed by atoms with Crippen LogP contribution in [0.5, 0.6) is 0 Å². The Morgan fingerprint density at radius 1 is 0.957 bits per heavy atom. The number of fused-ring (bicyclic) bond motifs is 3. The van der Waals surface area contributed by atoms with Gasteiger partial charge < -0.3 is 16.0 Å². The molecule has 0 bridgehead atoms. The number of carbonyl (C=O) groups is 2. The van der Waals surface area contributed by atoms with Gasteiger partial charge in [0, 0.05) is 16.9 Å². The second-order valence-electron chi connectivity index (χ2n) is 6.29. The van der Waals surface area contributed by atoms with Crippen LogP contribution < -0.4 is 16.0 Å². The molecule has 2 aliphatic heterocycles. The molecule has 5 nitrogen and oxygen atoms in total. The van der Waals surface area contributed by atoms with Crippen molar-refractivity contribution in [2.75, 3.05) is 10.6 Å². The first-order valence-electron chi connectivity index (χ1n) is 7.67. The first-order valence-corrected chi connectivity index (χ1v) is 7.67. The Kier molecular flexibility index (Phi) is 2.75. The minimum absolute atomic E-state index is 0.252. The molecular weight excluding hydrogens is 290 g/mol. The van der Waals surface area contributed by atoms with Crippen LogP contribution in [0.2, 0.25) is 0 Å². The standard InChI is InChI=1S/C18H17N3O2/c1-10(2)11-7-8-15-13(9-11)18(17(23)19-15)20-14-6-4-3-5-12(14)16(22)21-18/h3-10,20H,1-2H3,(H,19,23)(H,21,22)/t18-/m0/s1. The Hall–Kier alpha value is -2.82. The molecule has 2 heterocycles. The summed E-state index contributed by atoms with van der Waals surface area (Å²) >= 11 is 0. The highest BCUT2D eigenvalue weighted by Crippen LogP contribution is 2.41. The van der Waals surface area contributed by atoms with E-state index in [0.717, 1.165) is 16.8 Å². The van der Waals surface area contributed by atoms with Crippen LogP contribution >= 0.6 is 0 Å². The number of rotatable bonds is 1. The van der Waals surface area contributed by atoms with E-state index < -0.39 is 5.66 Å². The molecule has 0 unspecified atom stereocenters. The number of para-hydroxylation sites is 1. The van der Waals surface area contributed by atoms with E-state index in [1.54, 1.807) is 12.1 Å². The van der Waals surface area contributed by atoms with Crippen LogP contribution in [0.4, 0.5) is 11.4 Å². The van der Waals surface area contributed by atoms with Crippen LogP contribution in [0, 0.1) is 0 Å². The third-order valence-corrected chi connectivity index (χ3v) is 4.50. The predicted molar refractivity (Wildman–Crippen MR) is 88.4 cm³/mol. The number of hydrogen-bond acceptors (Lipinski definition) is 3. The summed E-state index contributed by atoms with van der Waals surface area (Å²) < 4.78 is 0. The number of anilines is 2. The van der Waals surface area contributed by atoms with Crippen molar-refractivity contribution < 1.29 is 9.59 Å². The fourth-order valence-corrected chi connectivity index (χ4v) is 3.19. The Morgan fingerprint density at radius 3 is 2.52 bits per heavy atom. The molecular formula is C18H17N3O2. The van der Waals surface area contributed by atoms with E-state index in [9.17, 15) is 9.59 Å². The number of hydrogen-bond donors (Lipinski definition) is 3. The molecule has 1 spiro atoms. The number of nitrogens with one attached hydrogen (secondary N) is 3. The van der Waals surface area contributed by atoms with Gasteiger partial charge in [-0.1, -0.05) is 32.0 Å². The smallest absolute Gasteiger partial charge is 0.275 e. The number of benzene rings is 2. The van der Waals surface area contributed by atoms with Gasteiger partial charge in [-0.15, -0.1) is 0 Å². The van der Waals surface area contributed by atoms with E-state index >= 15 is 0 Å². The van der Waals surface area contributed by atoms with Crippen molar-refractivity contribution >= 4 is 23.2 Å². The summed E-state index contributed by atoms with van der Waals surface area (Å²) in [7, 11) is 0. The van der Waals surface area contributed by atoms with E-state index in [4.69, 9.17) is 0 Å². The maximum absolute atomic E-state index is 12.7. The van der Waals surface area contributed by atoms with Crippen molar-refractivity contribution in [2.24, 2.45) is 0 Å². The van der Waals surface area contributed by atoms with Gasteiger partial charge in [-0.2, -0.15) is 0 Å². The highest BCUT2D eigenvalue weighted by Gasteiger charge is 2.51. The lowest BCUT2D eigenvalue weighted by molar-refractivity contribution is -0.120. The average Bonchev–Trinajstić information content (AvgIpc) is 2.79. The Bertz CT molecular complexity index is 844. The number of carbonyl (C=O) groups excluding carboxylic acids is 2. The van der Waals surface area contributed by atoms with Gasteiger partial charge in [-0.05, 0) is 35.7 Å². The van der Waals surface area contributed by atoms with Gasteiger partial charge in [-0.3, -0.25) is 9.59 Å². The second kappa shape index (κ2) is 4.59. The van der Waals surface area contributed by atoms with E-state index in [0.29, 0.717) is 17.2 Å². The highest BCUT2D eigenvalue weighted by atomic mass is 16.2. The summed E-state index contributed by atoms with van der Waals surface area (Å²) in [6, 6.07) is 13.1. The van der Waals surface area contributed by atoms with E-state index in [1.807, 2.05) is 30.3 Å². The molecule has 4 rings (SSSR count). The first kappa shape index (κ1) is 13.8. The first-order chi connectivity index (χ1) is 11.0. The molecule has 23 heavy (non-hydrogen) atoms. The SMILES string of the molecule is CC(C)c1ccc2c(c1)[C@]1(NC(=O)c3ccccc3N1)C(=O)N2. The summed E-state index contributed by atoms with van der Waals surface area (Å²) in [5, 5.41) is 8.95. The predicted octanol–water partition coefficient (Wildman–Crippen LogP) is 2.77. The molecule has 0 aliphatic carbocycles. The zero-order valence-electron chi connectivity index (χ0n) is 12.9. The third kappa shape index (κ3) is 1.86. The fraction of sp³-hybridized carbons (Fsp3) is 0.222. The zero-order chi connectivity index (χ0) is 16.2. The van der Waals surface area contributed by atoms with Crippen LogP contribution in [-0.2, 0) is 10.5 Å². The maximum Gasteiger partial charge on any atom is 0.275 e. The second-order valence-corrected chi connectivity index (χ2v) is 6.29. The van der Waals surface area contributed by atoms with E-state index in [2.05, 4.69) is 29.8 Å². The molecule has 5 heteroatoms. The summed E-state index contributed by atoms with van der Waals surface area (Å²) in [6.45, 7) is 4.20. The zero-order valence-corrected chi connectivity index (χ0v) is 12.9. The molecule has 116 valence electrons. The third-order valence-electron chi connectivity index (χ3n) is 4.50. The molecule has 2 aliphatic rings. The van der Waals surface area contributed by atoms with Crippen LogP contribution in [-0.4, -0.2) is 11.8 Å². The monoisotopic (exact) mass is 307 g/mol. The van der Waals surface area contributed by atoms with Crippen molar-refractivity contribution in [2.45, 2.75) is 25.4 Å². The molecule has 0 fully saturated rings. The lowest BCUT2D eigenvalue weighted by Gasteiger charge is -2.35. The summed E-state index contributed by atoms with van der Waals surface area (Å²) in [5.41, 5.74) is 2.57. The quantitative estimate of drug-likeness (QED) is 0.758. The fourth-order valence-electron chi connectivity index (χ4n) is 3.19. The largest absolute Gasteiger partial charge is 0.350 e. The molecule has 0 saturated heterocycles. The van der Waals surface area contributed by atoms with Crippen LogP contribution in [0.15, 0.2) is 42.5 Å². The highest BCUT2D eigenvalue weighted by molar-refractivity contribution is 6.14. The Balaban J connectivity index is 1.89. The van der Waals surface area contributed by atoms with Gasteiger partial charge in [0.2, 0.25) is 5.66 Å². The molecule has 0 aromatic heterocycles. The van der Waals surface area contributed by atoms with Crippen molar-refractivity contribution in [1.29, 1.82) is 0 Å². The maximum atomic E-state index is 12.7. The lowest BCUT2D eigenvalue weighted by atomic mass is 9.92. The molecule has 0 radical (unpaired) electrons. The minimum atomic E-state index is -1.24. The summed E-state index contributed by atoms with van der Waals surface area (Å²) in [5.74, 6) is -0.187. The van der Waals surface area contributed by atoms with Gasteiger partial charge in [0.15, 0.2) is 0 Å². The Labute approximate surface area is 134 Å². The molecule has 3 N–H and O–H groups in total. The summed E-state index contributed by atoms with van der Waals surface area (Å²) in [4.78, 5) is 25.1. The van der Waals surface area contributed by atoms with E-state index in [1.165, 1.54) is 0 Å². The van der Waals surface area contributed by atoms with Gasteiger partial charge in [0.05, 0.1) is 5.56 Å². The Morgan fingerprint density at radius 2 is 1.74 bits per heavy atom. The average molecular weight is 307 g/mol. The van der Waals surface area contributed by atoms with Gasteiger partial charge in [0.1, 0.15) is 0 Å². The van der Waals surface area contributed by atoms with Crippen molar-refractivity contribution in [1.82, 2.24) is 5.32 Å². The molecule has 2 aromatic carbocycles. The van der Waals surface area contributed by atoms with Crippen LogP contribution in [0.1, 0.15) is 41.3 Å². The normalized spacial score (nSPS) is 21.5. The van der Waals surface area contributed by atoms with E-state index in [-0.39, 0.29) is 11.8 Å². The summed E-state index contributed by atoms with van der Waals surface area (Å²) in [6.07, 6.45) is 0. The van der Waals surface area contributed by atoms with Crippen LogP contribution in [0.3, 0.4) is 0 Å². The molecule has 0 saturated carbocycles. The van der Waals surface area contributed by atoms with Gasteiger partial charge in [-0.25, -0.2) is 0 Å². The lowest BCUT2D eigenvalue weighted by Crippen LogP contribution is -2.59. The van der Waals surface area contributed by atoms with Crippen molar-refractivity contribution in [3.05, 3.63) is 59.2 Å². The van der Waals surface area contributed by atoms with Crippen molar-refractivity contribution in [3.8, 4) is 0 Å². The minimum Gasteiger partial charge on any atom is -0.350 e. The number of amides is 2. The molecule has 2 aromatic rings. The van der Waals surface area contributed by atoms with Crippen molar-refractivity contribution in [3.63, 3.8) is 0 Å². The topological polar surface area (TPSA) is 70.2 Å². The van der Waals surface area contributed by atoms with Gasteiger partial charge >= 0.3 is 0 Å². The molecule has 2 amide bonds. The van der Waals surface area contributed by atoms with Gasteiger partial charge in [0.25, 0.3) is 11.8 Å². The van der Waals surface area contributed by atoms with Crippen LogP contribution in [0.25, 0.3) is 0 Å². The molecule has 1 atom stereocenters.